The molecule has 4 heterocycles. The van der Waals surface area contributed by atoms with Gasteiger partial charge >= 0.3 is 0 Å². The molecule has 0 aliphatic carbocycles. The summed E-state index contributed by atoms with van der Waals surface area (Å²) in [5.74, 6) is 0.899. The number of piperidine rings is 1. The Morgan fingerprint density at radius 3 is 3.04 bits per heavy atom. The van der Waals surface area contributed by atoms with Crippen molar-refractivity contribution in [3.05, 3.63) is 33.5 Å². The van der Waals surface area contributed by atoms with E-state index in [0.29, 0.717) is 13.0 Å². The summed E-state index contributed by atoms with van der Waals surface area (Å²) in [5, 5.41) is 14.5. The van der Waals surface area contributed by atoms with Gasteiger partial charge in [-0.05, 0) is 50.9 Å². The number of carbonyl (C=O) groups excluding carboxylic acids is 1. The predicted octanol–water partition coefficient (Wildman–Crippen LogP) is 1.91. The van der Waals surface area contributed by atoms with Crippen LogP contribution in [0.3, 0.4) is 0 Å². The SMILES string of the molecule is CCn1cnnc1CCNC(=O)c1cc2c(s1)C1(CCNCC1)OCC2.Cl. The Morgan fingerprint density at radius 2 is 2.26 bits per heavy atom. The Balaban J connectivity index is 0.00000210. The largest absolute Gasteiger partial charge is 0.369 e. The number of aryl methyl sites for hydroxylation is 1. The molecular formula is C18H26ClN5O2S. The van der Waals surface area contributed by atoms with Crippen molar-refractivity contribution in [3.63, 3.8) is 0 Å². The number of fused-ring (bicyclic) bond motifs is 2. The molecule has 0 atom stereocenters. The lowest BCUT2D eigenvalue weighted by Gasteiger charge is -2.40. The second-order valence-corrected chi connectivity index (χ2v) is 7.90. The van der Waals surface area contributed by atoms with Crippen LogP contribution < -0.4 is 10.6 Å². The molecule has 0 bridgehead atoms. The number of rotatable bonds is 5. The third kappa shape index (κ3) is 4.03. The number of thiophene rings is 1. The molecule has 2 aliphatic rings. The minimum Gasteiger partial charge on any atom is -0.369 e. The van der Waals surface area contributed by atoms with Crippen LogP contribution in [0.25, 0.3) is 0 Å². The second kappa shape index (κ2) is 8.68. The summed E-state index contributed by atoms with van der Waals surface area (Å²) in [4.78, 5) is 14.7. The normalized spacial score (nSPS) is 18.0. The van der Waals surface area contributed by atoms with Crippen molar-refractivity contribution >= 4 is 29.7 Å². The third-order valence-corrected chi connectivity index (χ3v) is 6.64. The first-order valence-corrected chi connectivity index (χ1v) is 10.2. The van der Waals surface area contributed by atoms with Gasteiger partial charge in [0.1, 0.15) is 17.8 Å². The number of ether oxygens (including phenoxy) is 1. The highest BCUT2D eigenvalue weighted by Crippen LogP contribution is 2.44. The van der Waals surface area contributed by atoms with Gasteiger partial charge in [0.05, 0.1) is 11.5 Å². The van der Waals surface area contributed by atoms with Crippen molar-refractivity contribution in [3.8, 4) is 0 Å². The van der Waals surface area contributed by atoms with Gasteiger partial charge in [0.25, 0.3) is 5.91 Å². The van der Waals surface area contributed by atoms with Crippen molar-refractivity contribution in [1.29, 1.82) is 0 Å². The van der Waals surface area contributed by atoms with Crippen LogP contribution in [0.1, 0.15) is 45.7 Å². The lowest BCUT2D eigenvalue weighted by molar-refractivity contribution is -0.0771. The Bertz CT molecular complexity index is 785. The Hall–Kier alpha value is -1.48. The molecule has 0 radical (unpaired) electrons. The Kier molecular flexibility index (Phi) is 6.52. The summed E-state index contributed by atoms with van der Waals surface area (Å²) in [6.45, 7) is 6.14. The highest BCUT2D eigenvalue weighted by Gasteiger charge is 2.41. The number of amides is 1. The highest BCUT2D eigenvalue weighted by atomic mass is 35.5. The predicted molar refractivity (Wildman–Crippen MR) is 107 cm³/mol. The van der Waals surface area contributed by atoms with Crippen molar-refractivity contribution in [2.45, 2.75) is 44.8 Å². The monoisotopic (exact) mass is 411 g/mol. The molecule has 9 heteroatoms. The fourth-order valence-electron chi connectivity index (χ4n) is 3.85. The van der Waals surface area contributed by atoms with Crippen LogP contribution in [-0.2, 0) is 29.7 Å². The van der Waals surface area contributed by atoms with Gasteiger partial charge in [-0.15, -0.1) is 33.9 Å². The lowest BCUT2D eigenvalue weighted by atomic mass is 9.86. The molecule has 2 aromatic heterocycles. The smallest absolute Gasteiger partial charge is 0.261 e. The van der Waals surface area contributed by atoms with Crippen LogP contribution in [-0.4, -0.2) is 46.9 Å². The van der Waals surface area contributed by atoms with E-state index in [1.54, 1.807) is 17.7 Å². The molecule has 0 unspecified atom stereocenters. The molecule has 4 rings (SSSR count). The average molecular weight is 412 g/mol. The maximum atomic E-state index is 12.6. The van der Waals surface area contributed by atoms with Crippen molar-refractivity contribution in [2.75, 3.05) is 26.2 Å². The maximum absolute atomic E-state index is 12.6. The van der Waals surface area contributed by atoms with E-state index in [1.165, 1.54) is 10.4 Å². The summed E-state index contributed by atoms with van der Waals surface area (Å²) < 4.78 is 8.20. The molecule has 1 fully saturated rings. The zero-order valence-electron chi connectivity index (χ0n) is 15.5. The van der Waals surface area contributed by atoms with E-state index >= 15 is 0 Å². The molecule has 1 saturated heterocycles. The second-order valence-electron chi connectivity index (χ2n) is 6.85. The minimum atomic E-state index is -0.181. The zero-order valence-corrected chi connectivity index (χ0v) is 17.1. The van der Waals surface area contributed by atoms with Gasteiger partial charge in [-0.1, -0.05) is 0 Å². The maximum Gasteiger partial charge on any atom is 0.261 e. The van der Waals surface area contributed by atoms with E-state index < -0.39 is 0 Å². The number of aromatic nitrogens is 3. The molecule has 1 amide bonds. The first-order valence-electron chi connectivity index (χ1n) is 9.34. The first kappa shape index (κ1) is 20.3. The fourth-order valence-corrected chi connectivity index (χ4v) is 5.17. The summed E-state index contributed by atoms with van der Waals surface area (Å²) in [5.41, 5.74) is 1.11. The van der Waals surface area contributed by atoms with Crippen LogP contribution in [0, 0.1) is 0 Å². The van der Waals surface area contributed by atoms with Crippen molar-refractivity contribution in [2.24, 2.45) is 0 Å². The van der Waals surface area contributed by atoms with Crippen LogP contribution in [0.15, 0.2) is 12.4 Å². The van der Waals surface area contributed by atoms with Gasteiger partial charge in [-0.3, -0.25) is 4.79 Å². The number of hydrogen-bond acceptors (Lipinski definition) is 6. The van der Waals surface area contributed by atoms with E-state index in [-0.39, 0.29) is 23.9 Å². The van der Waals surface area contributed by atoms with Crippen LogP contribution in [0.4, 0.5) is 0 Å². The van der Waals surface area contributed by atoms with E-state index in [9.17, 15) is 4.79 Å². The quantitative estimate of drug-likeness (QED) is 0.785. The molecule has 2 aliphatic heterocycles. The highest BCUT2D eigenvalue weighted by molar-refractivity contribution is 7.14. The van der Waals surface area contributed by atoms with Crippen LogP contribution in [0.2, 0.25) is 0 Å². The molecule has 7 nitrogen and oxygen atoms in total. The van der Waals surface area contributed by atoms with Gasteiger partial charge in [-0.2, -0.15) is 0 Å². The van der Waals surface area contributed by atoms with Crippen molar-refractivity contribution in [1.82, 2.24) is 25.4 Å². The fraction of sp³-hybridized carbons (Fsp3) is 0.611. The molecule has 0 saturated carbocycles. The number of nitrogens with zero attached hydrogens (tertiary/aromatic N) is 3. The topological polar surface area (TPSA) is 81.1 Å². The molecular weight excluding hydrogens is 386 g/mol. The number of halogens is 1. The molecule has 2 aromatic rings. The Labute approximate surface area is 169 Å². The van der Waals surface area contributed by atoms with E-state index in [4.69, 9.17) is 4.74 Å². The van der Waals surface area contributed by atoms with Crippen LogP contribution >= 0.6 is 23.7 Å². The summed E-state index contributed by atoms with van der Waals surface area (Å²) in [6, 6.07) is 2.07. The van der Waals surface area contributed by atoms with E-state index in [1.807, 2.05) is 4.57 Å². The van der Waals surface area contributed by atoms with E-state index in [0.717, 1.165) is 56.2 Å². The summed E-state index contributed by atoms with van der Waals surface area (Å²) in [7, 11) is 0. The lowest BCUT2D eigenvalue weighted by Crippen LogP contribution is -2.43. The minimum absolute atomic E-state index is 0. The average Bonchev–Trinajstić information content (AvgIpc) is 3.30. The van der Waals surface area contributed by atoms with Gasteiger partial charge in [-0.25, -0.2) is 0 Å². The Morgan fingerprint density at radius 1 is 1.44 bits per heavy atom. The summed E-state index contributed by atoms with van der Waals surface area (Å²) in [6.07, 6.45) is 5.27. The number of carbonyl (C=O) groups is 1. The molecule has 0 aromatic carbocycles. The third-order valence-electron chi connectivity index (χ3n) is 5.28. The van der Waals surface area contributed by atoms with Crippen LogP contribution in [0.5, 0.6) is 0 Å². The van der Waals surface area contributed by atoms with E-state index in [2.05, 4.69) is 33.8 Å². The molecule has 1 spiro atoms. The van der Waals surface area contributed by atoms with Gasteiger partial charge in [0.2, 0.25) is 0 Å². The standard InChI is InChI=1S/C18H25N5O2S.ClH/c1-2-23-12-21-22-15(23)3-7-20-17(24)14-11-13-4-10-25-18(16(13)26-14)5-8-19-9-6-18;/h11-12,19H,2-10H2,1H3,(H,20,24);1H. The first-order chi connectivity index (χ1) is 12.7. The molecule has 2 N–H and O–H groups in total. The van der Waals surface area contributed by atoms with Gasteiger partial charge in [0.15, 0.2) is 0 Å². The van der Waals surface area contributed by atoms with Gasteiger partial charge in [0, 0.05) is 24.4 Å². The summed E-state index contributed by atoms with van der Waals surface area (Å²) >= 11 is 1.61. The molecule has 148 valence electrons. The van der Waals surface area contributed by atoms with Gasteiger partial charge < -0.3 is 19.9 Å². The zero-order chi connectivity index (χ0) is 18.0. The number of nitrogens with one attached hydrogen (secondary N) is 2. The van der Waals surface area contributed by atoms with Crippen molar-refractivity contribution < 1.29 is 9.53 Å². The molecule has 27 heavy (non-hydrogen) atoms. The number of hydrogen-bond donors (Lipinski definition) is 2.